The van der Waals surface area contributed by atoms with Gasteiger partial charge in [0.05, 0.1) is 0 Å². The molecule has 0 aliphatic heterocycles. The maximum absolute atomic E-state index is 11.9. The summed E-state index contributed by atoms with van der Waals surface area (Å²) in [7, 11) is 0. The van der Waals surface area contributed by atoms with Crippen LogP contribution in [0.25, 0.3) is 0 Å². The molecule has 0 spiro atoms. The van der Waals surface area contributed by atoms with Crippen molar-refractivity contribution < 1.29 is 4.79 Å². The minimum absolute atomic E-state index is 0.149. The molecule has 0 bridgehead atoms. The van der Waals surface area contributed by atoms with Gasteiger partial charge in [-0.25, -0.2) is 0 Å². The van der Waals surface area contributed by atoms with Crippen molar-refractivity contribution in [1.82, 2.24) is 5.32 Å². The Labute approximate surface area is 107 Å². The van der Waals surface area contributed by atoms with E-state index in [0.29, 0.717) is 17.4 Å². The van der Waals surface area contributed by atoms with E-state index in [1.165, 1.54) is 0 Å². The molecule has 1 unspecified atom stereocenters. The smallest absolute Gasteiger partial charge is 0.223 e. The fraction of sp³-hybridized carbons (Fsp3) is 0.933. The zero-order chi connectivity index (χ0) is 13.3. The zero-order valence-electron chi connectivity index (χ0n) is 12.4. The molecule has 0 heterocycles. The van der Waals surface area contributed by atoms with E-state index in [4.69, 9.17) is 0 Å². The maximum Gasteiger partial charge on any atom is 0.223 e. The quantitative estimate of drug-likeness (QED) is 0.795. The van der Waals surface area contributed by atoms with Crippen LogP contribution in [0.2, 0.25) is 0 Å². The van der Waals surface area contributed by atoms with E-state index >= 15 is 0 Å². The number of carbonyl (C=O) groups is 1. The lowest BCUT2D eigenvalue weighted by Gasteiger charge is -2.33. The third-order valence-corrected chi connectivity index (χ3v) is 3.49. The van der Waals surface area contributed by atoms with E-state index in [-0.39, 0.29) is 11.3 Å². The Bertz CT molecular complexity index is 266. The summed E-state index contributed by atoms with van der Waals surface area (Å²) in [6.07, 6.45) is 4.40. The third-order valence-electron chi connectivity index (χ3n) is 3.49. The van der Waals surface area contributed by atoms with Crippen molar-refractivity contribution >= 4 is 5.91 Å². The van der Waals surface area contributed by atoms with Gasteiger partial charge in [0.15, 0.2) is 0 Å². The molecule has 1 amide bonds. The number of rotatable bonds is 4. The maximum atomic E-state index is 11.9. The molecule has 1 aliphatic carbocycles. The molecule has 2 nitrogen and oxygen atoms in total. The van der Waals surface area contributed by atoms with Gasteiger partial charge in [-0.3, -0.25) is 4.79 Å². The summed E-state index contributed by atoms with van der Waals surface area (Å²) in [6, 6.07) is 0.301. The average Bonchev–Trinajstić information content (AvgIpc) is 2.90. The highest BCUT2D eigenvalue weighted by Crippen LogP contribution is 2.32. The summed E-state index contributed by atoms with van der Waals surface area (Å²) in [5, 5.41) is 3.25. The molecule has 2 heteroatoms. The highest BCUT2D eigenvalue weighted by atomic mass is 16.2. The van der Waals surface area contributed by atoms with Crippen molar-refractivity contribution in [2.45, 2.75) is 73.3 Å². The van der Waals surface area contributed by atoms with Crippen LogP contribution < -0.4 is 5.32 Å². The molecule has 1 aliphatic rings. The van der Waals surface area contributed by atoms with Gasteiger partial charge in [0, 0.05) is 12.0 Å². The molecule has 1 saturated carbocycles. The lowest BCUT2D eigenvalue weighted by atomic mass is 9.79. The SMILES string of the molecule is CC(C)(C)CCC(NC(=O)C1CC1)C(C)(C)C. The topological polar surface area (TPSA) is 29.1 Å². The Morgan fingerprint density at radius 3 is 2.06 bits per heavy atom. The monoisotopic (exact) mass is 239 g/mol. The molecule has 0 aromatic heterocycles. The lowest BCUT2D eigenvalue weighted by Crippen LogP contribution is -2.44. The third kappa shape index (κ3) is 5.56. The van der Waals surface area contributed by atoms with Gasteiger partial charge >= 0.3 is 0 Å². The van der Waals surface area contributed by atoms with Crippen LogP contribution in [0.5, 0.6) is 0 Å². The van der Waals surface area contributed by atoms with Crippen molar-refractivity contribution in [3.05, 3.63) is 0 Å². The van der Waals surface area contributed by atoms with Gasteiger partial charge in [0.25, 0.3) is 0 Å². The van der Waals surface area contributed by atoms with E-state index in [9.17, 15) is 4.79 Å². The van der Waals surface area contributed by atoms with Crippen LogP contribution in [0, 0.1) is 16.7 Å². The van der Waals surface area contributed by atoms with Gasteiger partial charge in [-0.05, 0) is 36.5 Å². The highest BCUT2D eigenvalue weighted by Gasteiger charge is 2.34. The van der Waals surface area contributed by atoms with E-state index in [1.54, 1.807) is 0 Å². The first-order chi connectivity index (χ1) is 7.59. The molecule has 100 valence electrons. The molecule has 0 aromatic rings. The molecule has 0 aromatic carbocycles. The van der Waals surface area contributed by atoms with Crippen LogP contribution in [-0.2, 0) is 4.79 Å². The largest absolute Gasteiger partial charge is 0.353 e. The number of hydrogen-bond donors (Lipinski definition) is 1. The van der Waals surface area contributed by atoms with Gasteiger partial charge in [0.1, 0.15) is 0 Å². The van der Waals surface area contributed by atoms with Crippen LogP contribution in [0.3, 0.4) is 0 Å². The van der Waals surface area contributed by atoms with Crippen LogP contribution in [-0.4, -0.2) is 11.9 Å². The van der Waals surface area contributed by atoms with Gasteiger partial charge in [0.2, 0.25) is 5.91 Å². The lowest BCUT2D eigenvalue weighted by molar-refractivity contribution is -0.123. The van der Waals surface area contributed by atoms with Crippen LogP contribution >= 0.6 is 0 Å². The van der Waals surface area contributed by atoms with E-state index in [1.807, 2.05) is 0 Å². The van der Waals surface area contributed by atoms with E-state index in [0.717, 1.165) is 25.7 Å². The van der Waals surface area contributed by atoms with Crippen molar-refractivity contribution in [2.24, 2.45) is 16.7 Å². The molecule has 0 saturated heterocycles. The average molecular weight is 239 g/mol. The molecule has 1 atom stereocenters. The number of nitrogens with one attached hydrogen (secondary N) is 1. The second-order valence-corrected chi connectivity index (χ2v) is 7.80. The van der Waals surface area contributed by atoms with E-state index in [2.05, 4.69) is 46.9 Å². The van der Waals surface area contributed by atoms with Crippen molar-refractivity contribution in [2.75, 3.05) is 0 Å². The molecule has 17 heavy (non-hydrogen) atoms. The highest BCUT2D eigenvalue weighted by molar-refractivity contribution is 5.81. The Kier molecular flexibility index (Phi) is 4.27. The molecule has 0 radical (unpaired) electrons. The van der Waals surface area contributed by atoms with Crippen molar-refractivity contribution in [1.29, 1.82) is 0 Å². The summed E-state index contributed by atoms with van der Waals surface area (Å²) >= 11 is 0. The first kappa shape index (κ1) is 14.5. The first-order valence-electron chi connectivity index (χ1n) is 6.90. The number of amides is 1. The zero-order valence-corrected chi connectivity index (χ0v) is 12.4. The summed E-state index contributed by atoms with van der Waals surface area (Å²) in [5.74, 6) is 0.591. The molecular weight excluding hydrogens is 210 g/mol. The fourth-order valence-electron chi connectivity index (χ4n) is 1.93. The van der Waals surface area contributed by atoms with Crippen LogP contribution in [0.4, 0.5) is 0 Å². The Morgan fingerprint density at radius 1 is 1.18 bits per heavy atom. The van der Waals surface area contributed by atoms with Gasteiger partial charge < -0.3 is 5.32 Å². The van der Waals surface area contributed by atoms with Gasteiger partial charge in [-0.1, -0.05) is 41.5 Å². The fourth-order valence-corrected chi connectivity index (χ4v) is 1.93. The Morgan fingerprint density at radius 2 is 1.71 bits per heavy atom. The van der Waals surface area contributed by atoms with Crippen LogP contribution in [0.15, 0.2) is 0 Å². The minimum atomic E-state index is 0.149. The standard InChI is InChI=1S/C15H29NO/c1-14(2,3)10-9-12(15(4,5)6)16-13(17)11-7-8-11/h11-12H,7-10H2,1-6H3,(H,16,17). The number of hydrogen-bond acceptors (Lipinski definition) is 1. The summed E-state index contributed by atoms with van der Waals surface area (Å²) in [4.78, 5) is 11.9. The second-order valence-electron chi connectivity index (χ2n) is 7.80. The van der Waals surface area contributed by atoms with Crippen molar-refractivity contribution in [3.63, 3.8) is 0 Å². The predicted molar refractivity (Wildman–Crippen MR) is 72.8 cm³/mol. The van der Waals surface area contributed by atoms with Crippen LogP contribution in [0.1, 0.15) is 67.2 Å². The Hall–Kier alpha value is -0.530. The summed E-state index contributed by atoms with van der Waals surface area (Å²) in [6.45, 7) is 13.4. The second kappa shape index (κ2) is 4.99. The molecule has 1 fully saturated rings. The van der Waals surface area contributed by atoms with Gasteiger partial charge in [-0.15, -0.1) is 0 Å². The summed E-state index contributed by atoms with van der Waals surface area (Å²) in [5.41, 5.74) is 0.490. The van der Waals surface area contributed by atoms with E-state index < -0.39 is 0 Å². The molecular formula is C15H29NO. The molecule has 1 N–H and O–H groups in total. The Balaban J connectivity index is 2.51. The normalized spacial score (nSPS) is 18.9. The summed E-state index contributed by atoms with van der Waals surface area (Å²) < 4.78 is 0. The van der Waals surface area contributed by atoms with Gasteiger partial charge in [-0.2, -0.15) is 0 Å². The number of carbonyl (C=O) groups excluding carboxylic acids is 1. The van der Waals surface area contributed by atoms with Crippen molar-refractivity contribution in [3.8, 4) is 0 Å². The predicted octanol–water partition coefficient (Wildman–Crippen LogP) is 3.75. The molecule has 1 rings (SSSR count). The minimum Gasteiger partial charge on any atom is -0.353 e. The first-order valence-corrected chi connectivity index (χ1v) is 6.90.